The van der Waals surface area contributed by atoms with Crippen molar-refractivity contribution in [1.29, 1.82) is 0 Å². The molecule has 0 aliphatic carbocycles. The smallest absolute Gasteiger partial charge is 0.233 e. The second-order valence-electron chi connectivity index (χ2n) is 7.87. The zero-order valence-electron chi connectivity index (χ0n) is 18.7. The van der Waals surface area contributed by atoms with Crippen LogP contribution in [0.15, 0.2) is 97.2 Å². The normalized spacial score (nSPS) is 10.9. The Morgan fingerprint density at radius 1 is 0.912 bits per heavy atom. The van der Waals surface area contributed by atoms with E-state index in [-0.39, 0.29) is 12.3 Å². The van der Waals surface area contributed by atoms with Gasteiger partial charge in [0.05, 0.1) is 36.0 Å². The van der Waals surface area contributed by atoms with Crippen molar-refractivity contribution in [3.05, 3.63) is 108 Å². The van der Waals surface area contributed by atoms with Crippen LogP contribution in [0.25, 0.3) is 21.3 Å². The highest BCUT2D eigenvalue weighted by Gasteiger charge is 2.21. The van der Waals surface area contributed by atoms with E-state index in [1.165, 1.54) is 11.3 Å². The maximum absolute atomic E-state index is 13.5. The van der Waals surface area contributed by atoms with E-state index < -0.39 is 0 Å². The van der Waals surface area contributed by atoms with Crippen molar-refractivity contribution in [3.8, 4) is 16.9 Å². The van der Waals surface area contributed by atoms with Crippen LogP contribution in [-0.2, 0) is 17.8 Å². The summed E-state index contributed by atoms with van der Waals surface area (Å²) in [7, 11) is 1.64. The number of rotatable bonds is 7. The summed E-state index contributed by atoms with van der Waals surface area (Å²) in [6, 6.07) is 29.8. The van der Waals surface area contributed by atoms with Crippen molar-refractivity contribution in [2.24, 2.45) is 0 Å². The number of carbonyl (C=O) groups excluding carboxylic acids is 1. The Labute approximate surface area is 202 Å². The quantitative estimate of drug-likeness (QED) is 0.290. The topological polar surface area (TPSA) is 55.3 Å². The molecular weight excluding hydrogens is 442 g/mol. The molecule has 0 fully saturated rings. The lowest BCUT2D eigenvalue weighted by Gasteiger charge is -2.19. The number of benzene rings is 3. The molecule has 0 atom stereocenters. The molecular formula is C28H23N3O2S. The van der Waals surface area contributed by atoms with Crippen LogP contribution in [0.5, 0.6) is 5.75 Å². The molecule has 0 aliphatic heterocycles. The average molecular weight is 466 g/mol. The number of ether oxygens (including phenoxy) is 1. The Balaban J connectivity index is 1.42. The number of anilines is 1. The molecule has 0 saturated heterocycles. The van der Waals surface area contributed by atoms with Gasteiger partial charge in [-0.15, -0.1) is 0 Å². The number of pyridine rings is 1. The van der Waals surface area contributed by atoms with Gasteiger partial charge in [-0.25, -0.2) is 4.98 Å². The van der Waals surface area contributed by atoms with Gasteiger partial charge in [-0.3, -0.25) is 14.7 Å². The predicted molar refractivity (Wildman–Crippen MR) is 137 cm³/mol. The van der Waals surface area contributed by atoms with E-state index in [4.69, 9.17) is 9.72 Å². The summed E-state index contributed by atoms with van der Waals surface area (Å²) in [4.78, 5) is 24.4. The average Bonchev–Trinajstić information content (AvgIpc) is 3.31. The molecule has 2 aromatic heterocycles. The van der Waals surface area contributed by atoms with Gasteiger partial charge in [0.15, 0.2) is 5.13 Å². The third kappa shape index (κ3) is 4.82. The highest BCUT2D eigenvalue weighted by atomic mass is 32.1. The molecule has 5 rings (SSSR count). The van der Waals surface area contributed by atoms with E-state index in [1.807, 2.05) is 66.7 Å². The fourth-order valence-corrected chi connectivity index (χ4v) is 4.78. The largest absolute Gasteiger partial charge is 0.497 e. The number of amides is 1. The number of thiazole rings is 1. The van der Waals surface area contributed by atoms with Gasteiger partial charge < -0.3 is 4.74 Å². The molecule has 0 unspecified atom stereocenters. The zero-order valence-corrected chi connectivity index (χ0v) is 19.5. The lowest BCUT2D eigenvalue weighted by Crippen LogP contribution is -2.32. The molecule has 0 spiro atoms. The molecule has 5 nitrogen and oxygen atoms in total. The molecule has 6 heteroatoms. The number of nitrogens with zero attached hydrogens (tertiary/aromatic N) is 3. The van der Waals surface area contributed by atoms with Crippen LogP contribution in [0.1, 0.15) is 11.3 Å². The van der Waals surface area contributed by atoms with E-state index in [0.29, 0.717) is 11.7 Å². The second kappa shape index (κ2) is 9.85. The van der Waals surface area contributed by atoms with Crippen molar-refractivity contribution in [2.45, 2.75) is 13.0 Å². The standard InChI is InChI=1S/C28H23N3O2S/c1-33-24-14-15-25-26(18-24)34-28(30-25)31(19-23-9-5-6-16-29-23)27(32)17-20-10-12-22(13-11-20)21-7-3-2-4-8-21/h2-16,18H,17,19H2,1H3. The van der Waals surface area contributed by atoms with Crippen molar-refractivity contribution in [2.75, 3.05) is 12.0 Å². The predicted octanol–water partition coefficient (Wildman–Crippen LogP) is 6.14. The lowest BCUT2D eigenvalue weighted by atomic mass is 10.0. The summed E-state index contributed by atoms with van der Waals surface area (Å²) in [5.74, 6) is 0.743. The minimum absolute atomic E-state index is 0.0239. The summed E-state index contributed by atoms with van der Waals surface area (Å²) in [6.45, 7) is 0.360. The van der Waals surface area contributed by atoms with E-state index in [1.54, 1.807) is 18.2 Å². The van der Waals surface area contributed by atoms with Crippen molar-refractivity contribution in [3.63, 3.8) is 0 Å². The number of hydrogen-bond donors (Lipinski definition) is 0. The maximum atomic E-state index is 13.5. The Morgan fingerprint density at radius 2 is 1.68 bits per heavy atom. The molecule has 0 saturated carbocycles. The Kier molecular flexibility index (Phi) is 6.31. The summed E-state index contributed by atoms with van der Waals surface area (Å²) in [5.41, 5.74) is 4.89. The summed E-state index contributed by atoms with van der Waals surface area (Å²) >= 11 is 1.48. The highest BCUT2D eigenvalue weighted by Crippen LogP contribution is 2.32. The van der Waals surface area contributed by atoms with Gasteiger partial charge in [-0.05, 0) is 47.0 Å². The van der Waals surface area contributed by atoms with E-state index in [0.717, 1.165) is 38.4 Å². The molecule has 0 N–H and O–H groups in total. The van der Waals surface area contributed by atoms with Gasteiger partial charge in [0.2, 0.25) is 5.91 Å². The van der Waals surface area contributed by atoms with Crippen molar-refractivity contribution >= 4 is 32.6 Å². The third-order valence-corrected chi connectivity index (χ3v) is 6.62. The van der Waals surface area contributed by atoms with Crippen molar-refractivity contribution < 1.29 is 9.53 Å². The maximum Gasteiger partial charge on any atom is 0.233 e. The van der Waals surface area contributed by atoms with Crippen LogP contribution in [0, 0.1) is 0 Å². The fraction of sp³-hybridized carbons (Fsp3) is 0.107. The van der Waals surface area contributed by atoms with Crippen LogP contribution in [0.3, 0.4) is 0 Å². The van der Waals surface area contributed by atoms with E-state index in [9.17, 15) is 4.79 Å². The molecule has 168 valence electrons. The number of fused-ring (bicyclic) bond motifs is 1. The molecule has 1 amide bonds. The first kappa shape index (κ1) is 21.8. The van der Waals surface area contributed by atoms with Crippen LogP contribution in [0.4, 0.5) is 5.13 Å². The Hall–Kier alpha value is -4.03. The molecule has 0 radical (unpaired) electrons. The molecule has 2 heterocycles. The third-order valence-electron chi connectivity index (χ3n) is 5.58. The first-order chi connectivity index (χ1) is 16.7. The van der Waals surface area contributed by atoms with Gasteiger partial charge >= 0.3 is 0 Å². The van der Waals surface area contributed by atoms with Gasteiger partial charge in [0.1, 0.15) is 5.75 Å². The van der Waals surface area contributed by atoms with Crippen LogP contribution in [-0.4, -0.2) is 23.0 Å². The zero-order chi connectivity index (χ0) is 23.3. The van der Waals surface area contributed by atoms with Gasteiger partial charge in [-0.2, -0.15) is 0 Å². The summed E-state index contributed by atoms with van der Waals surface area (Å²) < 4.78 is 6.32. The van der Waals surface area contributed by atoms with Gasteiger partial charge in [0.25, 0.3) is 0 Å². The van der Waals surface area contributed by atoms with Gasteiger partial charge in [0, 0.05) is 6.20 Å². The number of aromatic nitrogens is 2. The second-order valence-corrected chi connectivity index (χ2v) is 8.88. The first-order valence-electron chi connectivity index (χ1n) is 11.0. The number of hydrogen-bond acceptors (Lipinski definition) is 5. The number of methoxy groups -OCH3 is 1. The van der Waals surface area contributed by atoms with E-state index in [2.05, 4.69) is 29.2 Å². The molecule has 3 aromatic carbocycles. The highest BCUT2D eigenvalue weighted by molar-refractivity contribution is 7.22. The first-order valence-corrected chi connectivity index (χ1v) is 11.8. The SMILES string of the molecule is COc1ccc2nc(N(Cc3ccccn3)C(=O)Cc3ccc(-c4ccccc4)cc3)sc2c1. The van der Waals surface area contributed by atoms with Crippen molar-refractivity contribution in [1.82, 2.24) is 9.97 Å². The molecule has 34 heavy (non-hydrogen) atoms. The Morgan fingerprint density at radius 3 is 2.41 bits per heavy atom. The minimum atomic E-state index is -0.0239. The van der Waals surface area contributed by atoms with Crippen LogP contribution >= 0.6 is 11.3 Å². The fourth-order valence-electron chi connectivity index (χ4n) is 3.77. The lowest BCUT2D eigenvalue weighted by molar-refractivity contribution is -0.118. The van der Waals surface area contributed by atoms with Crippen LogP contribution < -0.4 is 9.64 Å². The van der Waals surface area contributed by atoms with E-state index >= 15 is 0 Å². The molecule has 0 aliphatic rings. The Bertz CT molecular complexity index is 1400. The molecule has 0 bridgehead atoms. The van der Waals surface area contributed by atoms with Gasteiger partial charge in [-0.1, -0.05) is 72.0 Å². The van der Waals surface area contributed by atoms with Crippen LogP contribution in [0.2, 0.25) is 0 Å². The number of carbonyl (C=O) groups is 1. The molecule has 5 aromatic rings. The minimum Gasteiger partial charge on any atom is -0.497 e. The monoisotopic (exact) mass is 465 g/mol. The summed E-state index contributed by atoms with van der Waals surface area (Å²) in [6.07, 6.45) is 2.02. The summed E-state index contributed by atoms with van der Waals surface area (Å²) in [5, 5.41) is 0.653.